The maximum atomic E-state index is 6.01. The van der Waals surface area contributed by atoms with Gasteiger partial charge in [0.05, 0.1) is 0 Å². The summed E-state index contributed by atoms with van der Waals surface area (Å²) >= 11 is 12.0. The number of hydrogen-bond donors (Lipinski definition) is 0. The highest BCUT2D eigenvalue weighted by molar-refractivity contribution is 6.18. The minimum absolute atomic E-state index is 0.491. The van der Waals surface area contributed by atoms with Crippen molar-refractivity contribution < 1.29 is 0 Å². The van der Waals surface area contributed by atoms with Crippen LogP contribution in [0.2, 0.25) is 0 Å². The van der Waals surface area contributed by atoms with Gasteiger partial charge in [-0.15, -0.1) is 23.2 Å². The van der Waals surface area contributed by atoms with E-state index < -0.39 is 0 Å². The Morgan fingerprint density at radius 3 is 2.06 bits per heavy atom. The van der Waals surface area contributed by atoms with Crippen molar-refractivity contribution in [2.45, 2.75) is 31.5 Å². The third kappa shape index (κ3) is 2.71. The fourth-order valence-electron chi connectivity index (χ4n) is 2.40. The van der Waals surface area contributed by atoms with Crippen LogP contribution in [0.4, 0.5) is 0 Å². The highest BCUT2D eigenvalue weighted by Crippen LogP contribution is 2.27. The Labute approximate surface area is 107 Å². The molecule has 0 aromatic heterocycles. The molecule has 88 valence electrons. The first-order valence-corrected chi connectivity index (χ1v) is 6.83. The number of benzene rings is 1. The lowest BCUT2D eigenvalue weighted by atomic mass is 10.2. The fourth-order valence-corrected chi connectivity index (χ4v) is 3.06. The van der Waals surface area contributed by atoms with Crippen LogP contribution in [0.5, 0.6) is 0 Å². The molecule has 2 atom stereocenters. The summed E-state index contributed by atoms with van der Waals surface area (Å²) in [7, 11) is 0. The second-order valence-electron chi connectivity index (χ2n) is 4.35. The van der Waals surface area contributed by atoms with E-state index >= 15 is 0 Å². The maximum absolute atomic E-state index is 6.01. The second kappa shape index (κ2) is 5.90. The van der Waals surface area contributed by atoms with E-state index in [-0.39, 0.29) is 0 Å². The van der Waals surface area contributed by atoms with Gasteiger partial charge in [0.2, 0.25) is 0 Å². The normalized spacial score (nSPS) is 26.1. The van der Waals surface area contributed by atoms with E-state index in [0.717, 1.165) is 6.54 Å². The van der Waals surface area contributed by atoms with Gasteiger partial charge in [-0.1, -0.05) is 30.3 Å². The van der Waals surface area contributed by atoms with Crippen molar-refractivity contribution >= 4 is 23.2 Å². The van der Waals surface area contributed by atoms with Gasteiger partial charge in [-0.25, -0.2) is 0 Å². The summed E-state index contributed by atoms with van der Waals surface area (Å²) in [5.74, 6) is 1.42. The molecule has 0 saturated carbocycles. The molecule has 1 aromatic carbocycles. The van der Waals surface area contributed by atoms with Crippen LogP contribution in [-0.2, 0) is 6.54 Å². The van der Waals surface area contributed by atoms with Crippen LogP contribution in [0, 0.1) is 0 Å². The van der Waals surface area contributed by atoms with Crippen molar-refractivity contribution in [3.05, 3.63) is 35.9 Å². The number of hydrogen-bond acceptors (Lipinski definition) is 1. The van der Waals surface area contributed by atoms with Gasteiger partial charge in [0, 0.05) is 30.4 Å². The predicted molar refractivity (Wildman–Crippen MR) is 70.2 cm³/mol. The zero-order chi connectivity index (χ0) is 11.4. The van der Waals surface area contributed by atoms with Gasteiger partial charge in [0.1, 0.15) is 0 Å². The predicted octanol–water partition coefficient (Wildman–Crippen LogP) is 3.50. The van der Waals surface area contributed by atoms with Gasteiger partial charge in [-0.3, -0.25) is 4.90 Å². The number of alkyl halides is 2. The standard InChI is InChI=1S/C13H17Cl2N/c14-8-12-6-7-13(9-15)16(12)10-11-4-2-1-3-5-11/h1-5,12-13H,6-10H2/t12-,13-/m0/s1. The lowest BCUT2D eigenvalue weighted by molar-refractivity contribution is 0.209. The van der Waals surface area contributed by atoms with Crippen LogP contribution in [0.3, 0.4) is 0 Å². The summed E-state index contributed by atoms with van der Waals surface area (Å²) in [4.78, 5) is 2.45. The topological polar surface area (TPSA) is 3.24 Å². The Bertz CT molecular complexity index is 303. The quantitative estimate of drug-likeness (QED) is 0.747. The minimum atomic E-state index is 0.491. The fraction of sp³-hybridized carbons (Fsp3) is 0.538. The van der Waals surface area contributed by atoms with Gasteiger partial charge < -0.3 is 0 Å². The smallest absolute Gasteiger partial charge is 0.0379 e. The summed E-state index contributed by atoms with van der Waals surface area (Å²) < 4.78 is 0. The first-order valence-electron chi connectivity index (χ1n) is 5.76. The van der Waals surface area contributed by atoms with Crippen molar-refractivity contribution in [3.63, 3.8) is 0 Å². The van der Waals surface area contributed by atoms with Crippen LogP contribution in [0.1, 0.15) is 18.4 Å². The van der Waals surface area contributed by atoms with E-state index in [9.17, 15) is 0 Å². The molecule has 1 fully saturated rings. The molecule has 1 nitrogen and oxygen atoms in total. The van der Waals surface area contributed by atoms with Crippen molar-refractivity contribution in [1.29, 1.82) is 0 Å². The summed E-state index contributed by atoms with van der Waals surface area (Å²) in [6.07, 6.45) is 2.35. The van der Waals surface area contributed by atoms with Gasteiger partial charge in [0.25, 0.3) is 0 Å². The Balaban J connectivity index is 2.06. The molecule has 2 rings (SSSR count). The van der Waals surface area contributed by atoms with Crippen LogP contribution in [0.15, 0.2) is 30.3 Å². The molecule has 1 aromatic rings. The van der Waals surface area contributed by atoms with E-state index in [1.807, 2.05) is 6.07 Å². The third-order valence-electron chi connectivity index (χ3n) is 3.34. The van der Waals surface area contributed by atoms with Crippen molar-refractivity contribution in [2.75, 3.05) is 11.8 Å². The first-order chi connectivity index (χ1) is 7.85. The average molecular weight is 258 g/mol. The average Bonchev–Trinajstić information content (AvgIpc) is 2.72. The molecular weight excluding hydrogens is 241 g/mol. The van der Waals surface area contributed by atoms with Crippen molar-refractivity contribution in [2.24, 2.45) is 0 Å². The lowest BCUT2D eigenvalue weighted by Crippen LogP contribution is -2.37. The number of rotatable bonds is 4. The van der Waals surface area contributed by atoms with E-state index in [1.54, 1.807) is 0 Å². The summed E-state index contributed by atoms with van der Waals surface area (Å²) in [5.41, 5.74) is 1.34. The molecular formula is C13H17Cl2N. The lowest BCUT2D eigenvalue weighted by Gasteiger charge is -2.28. The highest BCUT2D eigenvalue weighted by Gasteiger charge is 2.31. The molecule has 0 N–H and O–H groups in total. The Hall–Kier alpha value is -0.240. The largest absolute Gasteiger partial charge is 0.291 e. The number of halogens is 2. The minimum Gasteiger partial charge on any atom is -0.291 e. The molecule has 16 heavy (non-hydrogen) atoms. The Morgan fingerprint density at radius 1 is 1.00 bits per heavy atom. The second-order valence-corrected chi connectivity index (χ2v) is 4.97. The van der Waals surface area contributed by atoms with Crippen LogP contribution < -0.4 is 0 Å². The highest BCUT2D eigenvalue weighted by atomic mass is 35.5. The van der Waals surface area contributed by atoms with Crippen molar-refractivity contribution in [3.8, 4) is 0 Å². The molecule has 0 spiro atoms. The van der Waals surface area contributed by atoms with E-state index in [4.69, 9.17) is 23.2 Å². The number of nitrogens with zero attached hydrogens (tertiary/aromatic N) is 1. The Kier molecular flexibility index (Phi) is 4.51. The maximum Gasteiger partial charge on any atom is 0.0379 e. The van der Waals surface area contributed by atoms with Crippen LogP contribution in [-0.4, -0.2) is 28.7 Å². The third-order valence-corrected chi connectivity index (χ3v) is 4.05. The van der Waals surface area contributed by atoms with Gasteiger partial charge >= 0.3 is 0 Å². The molecule has 1 heterocycles. The van der Waals surface area contributed by atoms with Gasteiger partial charge in [-0.2, -0.15) is 0 Å². The SMILES string of the molecule is ClC[C@@H]1CC[C@@H](CCl)N1Cc1ccccc1. The molecule has 0 bridgehead atoms. The zero-order valence-corrected chi connectivity index (χ0v) is 10.8. The number of likely N-dealkylation sites (tertiary alicyclic amines) is 1. The summed E-state index contributed by atoms with van der Waals surface area (Å²) in [5, 5.41) is 0. The monoisotopic (exact) mass is 257 g/mol. The van der Waals surface area contributed by atoms with E-state index in [2.05, 4.69) is 29.2 Å². The van der Waals surface area contributed by atoms with Crippen LogP contribution in [0.25, 0.3) is 0 Å². The first kappa shape index (κ1) is 12.2. The zero-order valence-electron chi connectivity index (χ0n) is 9.28. The molecule has 0 amide bonds. The molecule has 1 aliphatic heterocycles. The van der Waals surface area contributed by atoms with Crippen molar-refractivity contribution in [1.82, 2.24) is 4.90 Å². The summed E-state index contributed by atoms with van der Waals surface area (Å²) in [6.45, 7) is 0.968. The van der Waals surface area contributed by atoms with E-state index in [1.165, 1.54) is 18.4 Å². The molecule has 0 radical (unpaired) electrons. The van der Waals surface area contributed by atoms with Gasteiger partial charge in [-0.05, 0) is 18.4 Å². The summed E-state index contributed by atoms with van der Waals surface area (Å²) in [6, 6.07) is 11.5. The molecule has 0 unspecified atom stereocenters. The van der Waals surface area contributed by atoms with Gasteiger partial charge in [0.15, 0.2) is 0 Å². The Morgan fingerprint density at radius 2 is 1.56 bits per heavy atom. The molecule has 1 saturated heterocycles. The molecule has 3 heteroatoms. The van der Waals surface area contributed by atoms with E-state index in [0.29, 0.717) is 23.8 Å². The molecule has 0 aliphatic carbocycles. The van der Waals surface area contributed by atoms with Crippen LogP contribution >= 0.6 is 23.2 Å². The molecule has 1 aliphatic rings.